The van der Waals surface area contributed by atoms with Crippen molar-refractivity contribution in [3.63, 3.8) is 0 Å². The quantitative estimate of drug-likeness (QED) is 0.597. The summed E-state index contributed by atoms with van der Waals surface area (Å²) in [5, 5.41) is 3.30. The van der Waals surface area contributed by atoms with Crippen LogP contribution in [0.15, 0.2) is 18.2 Å². The summed E-state index contributed by atoms with van der Waals surface area (Å²) < 4.78 is 4.79. The monoisotopic (exact) mass is 293 g/mol. The SMILES string of the molecule is COC(=O)c1cc(N)ccc1NCCN(C(C)C)C(C)C. The Hall–Kier alpha value is -1.75. The van der Waals surface area contributed by atoms with Crippen molar-refractivity contribution < 1.29 is 9.53 Å². The molecule has 5 nitrogen and oxygen atoms in total. The summed E-state index contributed by atoms with van der Waals surface area (Å²) >= 11 is 0. The first-order valence-corrected chi connectivity index (χ1v) is 7.34. The second kappa shape index (κ2) is 7.88. The molecule has 0 unspecified atom stereocenters. The third kappa shape index (κ3) is 4.93. The molecule has 5 heteroatoms. The first-order chi connectivity index (χ1) is 9.86. The van der Waals surface area contributed by atoms with Crippen LogP contribution in [0.25, 0.3) is 0 Å². The van der Waals surface area contributed by atoms with Crippen LogP contribution in [0.5, 0.6) is 0 Å². The van der Waals surface area contributed by atoms with E-state index >= 15 is 0 Å². The molecule has 21 heavy (non-hydrogen) atoms. The lowest BCUT2D eigenvalue weighted by molar-refractivity contribution is 0.0602. The van der Waals surface area contributed by atoms with E-state index in [0.29, 0.717) is 23.3 Å². The van der Waals surface area contributed by atoms with Crippen molar-refractivity contribution in [3.8, 4) is 0 Å². The molecule has 0 saturated carbocycles. The van der Waals surface area contributed by atoms with Crippen LogP contribution in [0.3, 0.4) is 0 Å². The molecule has 0 fully saturated rings. The lowest BCUT2D eigenvalue weighted by atomic mass is 10.1. The van der Waals surface area contributed by atoms with E-state index in [0.717, 1.165) is 18.8 Å². The Morgan fingerprint density at radius 3 is 2.43 bits per heavy atom. The Labute approximate surface area is 127 Å². The molecule has 0 saturated heterocycles. The number of rotatable bonds is 7. The summed E-state index contributed by atoms with van der Waals surface area (Å²) in [4.78, 5) is 14.2. The van der Waals surface area contributed by atoms with E-state index in [1.54, 1.807) is 12.1 Å². The molecular formula is C16H27N3O2. The van der Waals surface area contributed by atoms with Gasteiger partial charge in [-0.1, -0.05) is 0 Å². The lowest BCUT2D eigenvalue weighted by Crippen LogP contribution is -2.40. The van der Waals surface area contributed by atoms with Gasteiger partial charge < -0.3 is 15.8 Å². The average molecular weight is 293 g/mol. The summed E-state index contributed by atoms with van der Waals surface area (Å²) in [6, 6.07) is 6.20. The van der Waals surface area contributed by atoms with E-state index in [1.807, 2.05) is 6.07 Å². The molecule has 0 bridgehead atoms. The Balaban J connectivity index is 2.73. The number of benzene rings is 1. The van der Waals surface area contributed by atoms with Gasteiger partial charge in [0.15, 0.2) is 0 Å². The van der Waals surface area contributed by atoms with Crippen molar-refractivity contribution in [1.29, 1.82) is 0 Å². The van der Waals surface area contributed by atoms with Gasteiger partial charge in [-0.25, -0.2) is 4.79 Å². The number of hydrogen-bond donors (Lipinski definition) is 2. The third-order valence-corrected chi connectivity index (χ3v) is 3.46. The van der Waals surface area contributed by atoms with Gasteiger partial charge in [-0.2, -0.15) is 0 Å². The van der Waals surface area contributed by atoms with E-state index in [-0.39, 0.29) is 5.97 Å². The summed E-state index contributed by atoms with van der Waals surface area (Å²) in [6.07, 6.45) is 0. The zero-order chi connectivity index (χ0) is 16.0. The van der Waals surface area contributed by atoms with Crippen LogP contribution < -0.4 is 11.1 Å². The number of nitrogens with one attached hydrogen (secondary N) is 1. The number of ether oxygens (including phenoxy) is 1. The molecule has 0 aromatic heterocycles. The van der Waals surface area contributed by atoms with Crippen molar-refractivity contribution in [2.24, 2.45) is 0 Å². The van der Waals surface area contributed by atoms with Crippen LogP contribution in [-0.2, 0) is 4.74 Å². The average Bonchev–Trinajstić information content (AvgIpc) is 2.42. The summed E-state index contributed by atoms with van der Waals surface area (Å²) in [5.41, 5.74) is 7.50. The maximum absolute atomic E-state index is 11.8. The van der Waals surface area contributed by atoms with Crippen LogP contribution in [0.4, 0.5) is 11.4 Å². The molecule has 1 rings (SSSR count). The molecule has 0 atom stereocenters. The largest absolute Gasteiger partial charge is 0.465 e. The first kappa shape index (κ1) is 17.3. The molecule has 0 amide bonds. The Kier molecular flexibility index (Phi) is 6.49. The Morgan fingerprint density at radius 1 is 1.29 bits per heavy atom. The van der Waals surface area contributed by atoms with Gasteiger partial charge in [0.25, 0.3) is 0 Å². The fourth-order valence-electron chi connectivity index (χ4n) is 2.43. The Bertz CT molecular complexity index is 465. The summed E-state index contributed by atoms with van der Waals surface area (Å²) in [6.45, 7) is 10.4. The summed E-state index contributed by atoms with van der Waals surface area (Å²) in [5.74, 6) is -0.380. The predicted octanol–water partition coefficient (Wildman–Crippen LogP) is 2.59. The topological polar surface area (TPSA) is 67.6 Å². The molecule has 0 aliphatic heterocycles. The number of carbonyl (C=O) groups is 1. The standard InChI is InChI=1S/C16H27N3O2/c1-11(2)19(12(3)4)9-8-18-15-7-6-13(17)10-14(15)16(20)21-5/h6-7,10-12,18H,8-9,17H2,1-5H3. The highest BCUT2D eigenvalue weighted by molar-refractivity contribution is 5.96. The Morgan fingerprint density at radius 2 is 1.90 bits per heavy atom. The van der Waals surface area contributed by atoms with Gasteiger partial charge in [0, 0.05) is 36.5 Å². The van der Waals surface area contributed by atoms with Crippen LogP contribution in [0.2, 0.25) is 0 Å². The number of anilines is 2. The molecule has 0 heterocycles. The maximum atomic E-state index is 11.8. The van der Waals surface area contributed by atoms with E-state index in [4.69, 9.17) is 10.5 Å². The minimum Gasteiger partial charge on any atom is -0.465 e. The molecule has 0 spiro atoms. The van der Waals surface area contributed by atoms with Crippen molar-refractivity contribution in [1.82, 2.24) is 4.90 Å². The van der Waals surface area contributed by atoms with Gasteiger partial charge in [0.05, 0.1) is 12.7 Å². The van der Waals surface area contributed by atoms with Gasteiger partial charge in [-0.3, -0.25) is 4.90 Å². The molecule has 118 valence electrons. The fraction of sp³-hybridized carbons (Fsp3) is 0.562. The fourth-order valence-corrected chi connectivity index (χ4v) is 2.43. The van der Waals surface area contributed by atoms with Gasteiger partial charge in [0.2, 0.25) is 0 Å². The second-order valence-electron chi connectivity index (χ2n) is 5.65. The second-order valence-corrected chi connectivity index (χ2v) is 5.65. The van der Waals surface area contributed by atoms with Gasteiger partial charge >= 0.3 is 5.97 Å². The normalized spacial score (nSPS) is 11.2. The highest BCUT2D eigenvalue weighted by atomic mass is 16.5. The predicted molar refractivity (Wildman–Crippen MR) is 87.7 cm³/mol. The maximum Gasteiger partial charge on any atom is 0.340 e. The zero-order valence-corrected chi connectivity index (χ0v) is 13.6. The van der Waals surface area contributed by atoms with Gasteiger partial charge in [-0.05, 0) is 45.9 Å². The highest BCUT2D eigenvalue weighted by Gasteiger charge is 2.15. The minimum absolute atomic E-state index is 0.380. The van der Waals surface area contributed by atoms with Crippen LogP contribution >= 0.6 is 0 Å². The lowest BCUT2D eigenvalue weighted by Gasteiger charge is -2.30. The van der Waals surface area contributed by atoms with E-state index in [9.17, 15) is 4.79 Å². The number of hydrogen-bond acceptors (Lipinski definition) is 5. The molecule has 1 aromatic carbocycles. The van der Waals surface area contributed by atoms with Crippen LogP contribution in [0.1, 0.15) is 38.1 Å². The molecule has 0 radical (unpaired) electrons. The third-order valence-electron chi connectivity index (χ3n) is 3.46. The number of carbonyl (C=O) groups excluding carboxylic acids is 1. The van der Waals surface area contributed by atoms with Crippen LogP contribution in [0, 0.1) is 0 Å². The van der Waals surface area contributed by atoms with Crippen molar-refractivity contribution in [3.05, 3.63) is 23.8 Å². The van der Waals surface area contributed by atoms with E-state index in [1.165, 1.54) is 7.11 Å². The number of methoxy groups -OCH3 is 1. The first-order valence-electron chi connectivity index (χ1n) is 7.34. The zero-order valence-electron chi connectivity index (χ0n) is 13.6. The number of esters is 1. The molecule has 1 aromatic rings. The van der Waals surface area contributed by atoms with E-state index < -0.39 is 0 Å². The minimum atomic E-state index is -0.380. The van der Waals surface area contributed by atoms with Crippen molar-refractivity contribution in [2.45, 2.75) is 39.8 Å². The summed E-state index contributed by atoms with van der Waals surface area (Å²) in [7, 11) is 1.37. The number of nitrogens with zero attached hydrogens (tertiary/aromatic N) is 1. The number of nitrogen functional groups attached to an aromatic ring is 1. The molecular weight excluding hydrogens is 266 g/mol. The van der Waals surface area contributed by atoms with E-state index in [2.05, 4.69) is 37.9 Å². The van der Waals surface area contributed by atoms with Gasteiger partial charge in [-0.15, -0.1) is 0 Å². The van der Waals surface area contributed by atoms with Crippen LogP contribution in [-0.4, -0.2) is 43.2 Å². The van der Waals surface area contributed by atoms with Crippen molar-refractivity contribution >= 4 is 17.3 Å². The molecule has 0 aliphatic rings. The highest BCUT2D eigenvalue weighted by Crippen LogP contribution is 2.19. The molecule has 3 N–H and O–H groups in total. The molecule has 0 aliphatic carbocycles. The van der Waals surface area contributed by atoms with Crippen molar-refractivity contribution in [2.75, 3.05) is 31.2 Å². The number of nitrogens with two attached hydrogens (primary N) is 1. The van der Waals surface area contributed by atoms with Gasteiger partial charge in [0.1, 0.15) is 0 Å². The smallest absolute Gasteiger partial charge is 0.340 e.